The zero-order valence-corrected chi connectivity index (χ0v) is 16.5. The topological polar surface area (TPSA) is 50.0 Å². The van der Waals surface area contributed by atoms with Gasteiger partial charge in [0.25, 0.3) is 5.91 Å². The molecule has 0 radical (unpaired) electrons. The Balaban J connectivity index is 1.91. The second kappa shape index (κ2) is 7.13. The molecule has 7 heteroatoms. The first kappa shape index (κ1) is 17.7. The molecule has 0 bridgehead atoms. The van der Waals surface area contributed by atoms with Crippen LogP contribution >= 0.6 is 22.9 Å². The number of nitrogens with zero attached hydrogens (tertiary/aromatic N) is 4. The van der Waals surface area contributed by atoms with Gasteiger partial charge in [0.1, 0.15) is 0 Å². The fourth-order valence-electron chi connectivity index (χ4n) is 3.14. The van der Waals surface area contributed by atoms with E-state index in [1.54, 1.807) is 16.6 Å². The Kier molecular flexibility index (Phi) is 4.68. The molecule has 0 atom stereocenters. The van der Waals surface area contributed by atoms with Crippen molar-refractivity contribution in [2.45, 2.75) is 6.92 Å². The minimum Gasteiger partial charge on any atom is -0.307 e. The number of hydrogen-bond donors (Lipinski definition) is 0. The summed E-state index contributed by atoms with van der Waals surface area (Å²) in [6, 6.07) is 15.3. The summed E-state index contributed by atoms with van der Waals surface area (Å²) in [6.07, 6.45) is 0. The summed E-state index contributed by atoms with van der Waals surface area (Å²) in [7, 11) is 1.72. The molecule has 3 aromatic rings. The van der Waals surface area contributed by atoms with E-state index in [0.29, 0.717) is 22.1 Å². The highest BCUT2D eigenvalue weighted by Crippen LogP contribution is 2.29. The first-order valence-electron chi connectivity index (χ1n) is 8.53. The molecule has 4 rings (SSSR count). The fraction of sp³-hybridized carbons (Fsp3) is 0.150. The lowest BCUT2D eigenvalue weighted by Gasteiger charge is -2.13. The molecule has 0 saturated carbocycles. The number of carbonyl (C=O) groups is 1. The summed E-state index contributed by atoms with van der Waals surface area (Å²) in [5.74, 6) is -0.0958. The number of likely N-dealkylation sites (N-methyl/N-ethyl adjacent to an activating group) is 1. The minimum absolute atomic E-state index is 0.0958. The average molecular weight is 397 g/mol. The predicted molar refractivity (Wildman–Crippen MR) is 111 cm³/mol. The number of thiazole rings is 1. The van der Waals surface area contributed by atoms with Crippen molar-refractivity contribution in [1.29, 1.82) is 0 Å². The number of carbonyl (C=O) groups excluding carboxylic acids is 1. The van der Waals surface area contributed by atoms with E-state index < -0.39 is 0 Å². The summed E-state index contributed by atoms with van der Waals surface area (Å²) in [4.78, 5) is 19.7. The number of aromatic nitrogens is 1. The third kappa shape index (κ3) is 3.01. The van der Waals surface area contributed by atoms with E-state index in [9.17, 15) is 4.79 Å². The van der Waals surface area contributed by atoms with Crippen LogP contribution in [0.5, 0.6) is 0 Å². The Morgan fingerprint density at radius 3 is 2.56 bits per heavy atom. The van der Waals surface area contributed by atoms with E-state index in [4.69, 9.17) is 16.7 Å². The van der Waals surface area contributed by atoms with Gasteiger partial charge in [0.15, 0.2) is 5.71 Å². The average Bonchev–Trinajstić information content (AvgIpc) is 3.21. The van der Waals surface area contributed by atoms with Gasteiger partial charge in [-0.05, 0) is 25.1 Å². The molecule has 27 heavy (non-hydrogen) atoms. The summed E-state index contributed by atoms with van der Waals surface area (Å²) in [5.41, 5.74) is 3.98. The first-order valence-corrected chi connectivity index (χ1v) is 9.79. The van der Waals surface area contributed by atoms with Gasteiger partial charge in [0.2, 0.25) is 4.80 Å². The maximum absolute atomic E-state index is 12.9. The van der Waals surface area contributed by atoms with Gasteiger partial charge in [-0.25, -0.2) is 4.68 Å². The molecule has 1 aromatic heterocycles. The standard InChI is InChI=1S/C20H17ClN4OS/c1-3-24-16-7-5-4-6-15(16)18(19(24)26)23-25-17(12-27-20(25)22-2)13-8-10-14(21)11-9-13/h4-12H,3H2,1-2H3. The van der Waals surface area contributed by atoms with Crippen molar-refractivity contribution in [3.8, 4) is 11.3 Å². The Morgan fingerprint density at radius 2 is 1.85 bits per heavy atom. The smallest absolute Gasteiger partial charge is 0.279 e. The number of benzene rings is 2. The van der Waals surface area contributed by atoms with E-state index >= 15 is 0 Å². The van der Waals surface area contributed by atoms with Crippen LogP contribution in [-0.4, -0.2) is 29.9 Å². The molecule has 0 spiro atoms. The second-order valence-electron chi connectivity index (χ2n) is 5.96. The third-order valence-electron chi connectivity index (χ3n) is 4.43. The van der Waals surface area contributed by atoms with E-state index in [1.165, 1.54) is 11.3 Å². The van der Waals surface area contributed by atoms with Gasteiger partial charge >= 0.3 is 0 Å². The molecule has 1 aliphatic rings. The molecule has 2 aromatic carbocycles. The number of amides is 1. The molecule has 2 heterocycles. The van der Waals surface area contributed by atoms with Crippen LogP contribution < -0.4 is 9.70 Å². The molecular weight excluding hydrogens is 380 g/mol. The summed E-state index contributed by atoms with van der Waals surface area (Å²) >= 11 is 7.49. The van der Waals surface area contributed by atoms with Gasteiger partial charge < -0.3 is 4.90 Å². The number of hydrogen-bond acceptors (Lipinski definition) is 4. The van der Waals surface area contributed by atoms with E-state index in [2.05, 4.69) is 4.99 Å². The van der Waals surface area contributed by atoms with Crippen LogP contribution in [0.25, 0.3) is 11.3 Å². The second-order valence-corrected chi connectivity index (χ2v) is 7.23. The molecule has 136 valence electrons. The monoisotopic (exact) mass is 396 g/mol. The lowest BCUT2D eigenvalue weighted by Crippen LogP contribution is -2.30. The fourth-order valence-corrected chi connectivity index (χ4v) is 4.06. The maximum Gasteiger partial charge on any atom is 0.279 e. The molecular formula is C20H17ClN4OS. The summed E-state index contributed by atoms with van der Waals surface area (Å²) in [6.45, 7) is 2.56. The van der Waals surface area contributed by atoms with Gasteiger partial charge in [-0.1, -0.05) is 41.9 Å². The zero-order chi connectivity index (χ0) is 19.0. The number of fused-ring (bicyclic) bond motifs is 1. The molecule has 0 N–H and O–H groups in total. The first-order chi connectivity index (χ1) is 13.1. The van der Waals surface area contributed by atoms with Gasteiger partial charge in [0.05, 0.1) is 11.4 Å². The zero-order valence-electron chi connectivity index (χ0n) is 14.9. The Labute approximate surface area is 165 Å². The Bertz CT molecular complexity index is 1110. The summed E-state index contributed by atoms with van der Waals surface area (Å²) in [5, 5.41) is 7.39. The highest BCUT2D eigenvalue weighted by molar-refractivity contribution is 7.07. The van der Waals surface area contributed by atoms with E-state index in [1.807, 2.05) is 60.8 Å². The van der Waals surface area contributed by atoms with Crippen LogP contribution in [-0.2, 0) is 4.79 Å². The number of anilines is 1. The Morgan fingerprint density at radius 1 is 1.11 bits per heavy atom. The van der Waals surface area contributed by atoms with Crippen LogP contribution in [0.4, 0.5) is 5.69 Å². The van der Waals surface area contributed by atoms with Crippen LogP contribution in [0.3, 0.4) is 0 Å². The molecule has 5 nitrogen and oxygen atoms in total. The Hall–Kier alpha value is -2.70. The third-order valence-corrected chi connectivity index (χ3v) is 5.59. The SMILES string of the molecule is CCN1C(=O)C(=Nn2c(-c3ccc(Cl)cc3)csc2=NC)c2ccccc21. The number of para-hydroxylation sites is 1. The van der Waals surface area contributed by atoms with Crippen molar-refractivity contribution in [1.82, 2.24) is 4.68 Å². The van der Waals surface area contributed by atoms with Gasteiger partial charge in [-0.15, -0.1) is 11.3 Å². The van der Waals surface area contributed by atoms with Crippen molar-refractivity contribution in [2.75, 3.05) is 18.5 Å². The molecule has 0 unspecified atom stereocenters. The lowest BCUT2D eigenvalue weighted by molar-refractivity contribution is -0.112. The number of rotatable bonds is 3. The summed E-state index contributed by atoms with van der Waals surface area (Å²) < 4.78 is 1.73. The van der Waals surface area contributed by atoms with Gasteiger partial charge in [-0.2, -0.15) is 5.10 Å². The molecule has 1 aliphatic heterocycles. The highest BCUT2D eigenvalue weighted by atomic mass is 35.5. The quantitative estimate of drug-likeness (QED) is 0.659. The van der Waals surface area contributed by atoms with Crippen LogP contribution in [0, 0.1) is 0 Å². The van der Waals surface area contributed by atoms with E-state index in [0.717, 1.165) is 22.5 Å². The molecule has 0 saturated heterocycles. The van der Waals surface area contributed by atoms with Crippen LogP contribution in [0.15, 0.2) is 64.0 Å². The van der Waals surface area contributed by atoms with Crippen molar-refractivity contribution < 1.29 is 4.79 Å². The lowest BCUT2D eigenvalue weighted by atomic mass is 10.1. The van der Waals surface area contributed by atoms with Gasteiger partial charge in [-0.3, -0.25) is 9.79 Å². The van der Waals surface area contributed by atoms with Crippen molar-refractivity contribution >= 4 is 40.2 Å². The van der Waals surface area contributed by atoms with Gasteiger partial charge in [0, 0.05) is 35.1 Å². The van der Waals surface area contributed by atoms with Crippen molar-refractivity contribution in [2.24, 2.45) is 10.1 Å². The normalized spacial score (nSPS) is 15.7. The number of halogens is 1. The van der Waals surface area contributed by atoms with Crippen molar-refractivity contribution in [3.05, 3.63) is 69.3 Å². The van der Waals surface area contributed by atoms with Crippen LogP contribution in [0.1, 0.15) is 12.5 Å². The molecule has 0 fully saturated rings. The minimum atomic E-state index is -0.0958. The van der Waals surface area contributed by atoms with E-state index in [-0.39, 0.29) is 5.91 Å². The highest BCUT2D eigenvalue weighted by Gasteiger charge is 2.33. The molecule has 1 amide bonds. The predicted octanol–water partition coefficient (Wildman–Crippen LogP) is 4.02. The van der Waals surface area contributed by atoms with Crippen molar-refractivity contribution in [3.63, 3.8) is 0 Å². The largest absolute Gasteiger partial charge is 0.307 e. The van der Waals surface area contributed by atoms with Crippen LogP contribution in [0.2, 0.25) is 5.02 Å². The maximum atomic E-state index is 12.9. The molecule has 0 aliphatic carbocycles.